The predicted octanol–water partition coefficient (Wildman–Crippen LogP) is 2.94. The highest BCUT2D eigenvalue weighted by Gasteiger charge is 2.47. The van der Waals surface area contributed by atoms with Gasteiger partial charge in [-0.05, 0) is 42.6 Å². The first-order chi connectivity index (χ1) is 16.6. The second kappa shape index (κ2) is 8.68. The van der Waals surface area contributed by atoms with Crippen molar-refractivity contribution in [3.63, 3.8) is 0 Å². The molecule has 2 amide bonds. The molecule has 1 saturated heterocycles. The minimum absolute atomic E-state index is 0.0344. The number of rotatable bonds is 3. The van der Waals surface area contributed by atoms with Gasteiger partial charge in [-0.1, -0.05) is 6.92 Å². The maximum atomic E-state index is 13.6. The van der Waals surface area contributed by atoms with E-state index in [0.29, 0.717) is 41.7 Å². The predicted molar refractivity (Wildman–Crippen MR) is 126 cm³/mol. The zero-order chi connectivity index (χ0) is 24.9. The first-order valence-corrected chi connectivity index (χ1v) is 11.9. The van der Waals surface area contributed by atoms with Gasteiger partial charge in [0.2, 0.25) is 5.89 Å². The molecule has 5 rings (SSSR count). The Labute approximate surface area is 205 Å². The number of carbonyl (C=O) groups is 2. The van der Waals surface area contributed by atoms with Crippen LogP contribution in [0.3, 0.4) is 0 Å². The second-order valence-corrected chi connectivity index (χ2v) is 10.1. The number of ether oxygens (including phenoxy) is 1. The SMILES string of the molecule is Cc1nnc(C(=O)N2C[C@@H]3NSc4cn(C)c(C(=O)Nc5ccc(F)c(C)c5)c4OC[C@]3(C)C2)o1. The summed E-state index contributed by atoms with van der Waals surface area (Å²) in [6.45, 7) is 6.46. The summed E-state index contributed by atoms with van der Waals surface area (Å²) >= 11 is 1.36. The van der Waals surface area contributed by atoms with Gasteiger partial charge in [0, 0.05) is 50.4 Å². The molecule has 1 aromatic carbocycles. The van der Waals surface area contributed by atoms with Crippen LogP contribution in [0.15, 0.2) is 33.7 Å². The Morgan fingerprint density at radius 1 is 1.31 bits per heavy atom. The van der Waals surface area contributed by atoms with Crippen LogP contribution in [0.2, 0.25) is 0 Å². The highest BCUT2D eigenvalue weighted by Crippen LogP contribution is 2.41. The Balaban J connectivity index is 1.35. The molecule has 1 fully saturated rings. The van der Waals surface area contributed by atoms with E-state index in [1.807, 2.05) is 13.1 Å². The Morgan fingerprint density at radius 2 is 2.11 bits per heavy atom. The Kier molecular flexibility index (Phi) is 5.80. The van der Waals surface area contributed by atoms with Gasteiger partial charge >= 0.3 is 11.8 Å². The summed E-state index contributed by atoms with van der Waals surface area (Å²) in [4.78, 5) is 28.5. The summed E-state index contributed by atoms with van der Waals surface area (Å²) in [7, 11) is 1.77. The molecule has 184 valence electrons. The molecule has 10 nitrogen and oxygen atoms in total. The third-order valence-corrected chi connectivity index (χ3v) is 7.30. The third-order valence-electron chi connectivity index (χ3n) is 6.38. The van der Waals surface area contributed by atoms with E-state index >= 15 is 0 Å². The van der Waals surface area contributed by atoms with Crippen molar-refractivity contribution in [1.82, 2.24) is 24.4 Å². The number of benzene rings is 1. The van der Waals surface area contributed by atoms with Crippen molar-refractivity contribution >= 4 is 29.4 Å². The summed E-state index contributed by atoms with van der Waals surface area (Å²) in [5.74, 6) is -0.264. The fourth-order valence-electron chi connectivity index (χ4n) is 4.39. The van der Waals surface area contributed by atoms with Gasteiger partial charge in [-0.25, -0.2) is 4.39 Å². The van der Waals surface area contributed by atoms with Crippen LogP contribution in [-0.2, 0) is 7.05 Å². The van der Waals surface area contributed by atoms with Crippen LogP contribution in [-0.4, -0.2) is 57.2 Å². The number of carbonyl (C=O) groups excluding carboxylic acids is 2. The minimum Gasteiger partial charge on any atom is -0.489 e. The van der Waals surface area contributed by atoms with E-state index in [0.717, 1.165) is 4.90 Å². The van der Waals surface area contributed by atoms with Gasteiger partial charge < -0.3 is 23.9 Å². The quantitative estimate of drug-likeness (QED) is 0.528. The van der Waals surface area contributed by atoms with Crippen molar-refractivity contribution in [3.05, 3.63) is 53.3 Å². The maximum absolute atomic E-state index is 13.6. The van der Waals surface area contributed by atoms with Crippen LogP contribution in [0.25, 0.3) is 0 Å². The van der Waals surface area contributed by atoms with Gasteiger partial charge in [-0.15, -0.1) is 10.2 Å². The molecule has 0 aliphatic carbocycles. The second-order valence-electron chi connectivity index (χ2n) is 9.23. The number of nitrogens with zero attached hydrogens (tertiary/aromatic N) is 4. The van der Waals surface area contributed by atoms with Gasteiger partial charge in [-0.3, -0.25) is 14.3 Å². The van der Waals surface area contributed by atoms with Crippen LogP contribution >= 0.6 is 11.9 Å². The maximum Gasteiger partial charge on any atom is 0.311 e. The van der Waals surface area contributed by atoms with Crippen LogP contribution < -0.4 is 14.8 Å². The number of halogens is 1. The van der Waals surface area contributed by atoms with Crippen LogP contribution in [0.5, 0.6) is 5.75 Å². The van der Waals surface area contributed by atoms with Gasteiger partial charge in [0.25, 0.3) is 5.91 Å². The number of anilines is 1. The molecular weight excluding hydrogens is 475 g/mol. The molecule has 2 aromatic heterocycles. The van der Waals surface area contributed by atoms with E-state index in [1.54, 1.807) is 36.4 Å². The Morgan fingerprint density at radius 3 is 2.83 bits per heavy atom. The lowest BCUT2D eigenvalue weighted by Crippen LogP contribution is -2.44. The smallest absolute Gasteiger partial charge is 0.311 e. The van der Waals surface area contributed by atoms with Crippen LogP contribution in [0.4, 0.5) is 10.1 Å². The zero-order valence-corrected chi connectivity index (χ0v) is 20.5. The van der Waals surface area contributed by atoms with E-state index < -0.39 is 5.41 Å². The van der Waals surface area contributed by atoms with E-state index in [1.165, 1.54) is 24.1 Å². The first kappa shape index (κ1) is 23.4. The standard InChI is InChI=1S/C23H25FN6O4S/c1-12-7-14(5-6-15(12)24)25-20(31)18-19-16(8-29(18)4)35-28-17-9-30(10-23(17,3)11-33-19)22(32)21-27-26-13(2)34-21/h5-8,17,28H,9-11H2,1-4H3,(H,25,31)/t17-,23-/m0/s1. The number of hydrogen-bond donors (Lipinski definition) is 2. The van der Waals surface area contributed by atoms with E-state index in [-0.39, 0.29) is 36.2 Å². The van der Waals surface area contributed by atoms with Crippen molar-refractivity contribution < 1.29 is 23.1 Å². The van der Waals surface area contributed by atoms with Crippen molar-refractivity contribution in [3.8, 4) is 5.75 Å². The molecule has 4 heterocycles. The van der Waals surface area contributed by atoms with Crippen molar-refractivity contribution in [2.75, 3.05) is 25.0 Å². The third kappa shape index (κ3) is 4.27. The Hall–Kier alpha value is -3.38. The molecule has 0 spiro atoms. The molecule has 0 bridgehead atoms. The Bertz CT molecular complexity index is 1320. The van der Waals surface area contributed by atoms with Crippen LogP contribution in [0, 0.1) is 25.1 Å². The van der Waals surface area contributed by atoms with Crippen molar-refractivity contribution in [2.24, 2.45) is 12.5 Å². The van der Waals surface area contributed by atoms with Gasteiger partial charge in [0.15, 0.2) is 11.4 Å². The van der Waals surface area contributed by atoms with Crippen LogP contribution in [0.1, 0.15) is 39.6 Å². The zero-order valence-electron chi connectivity index (χ0n) is 19.7. The number of nitrogens with one attached hydrogen (secondary N) is 2. The fourth-order valence-corrected chi connectivity index (χ4v) is 5.47. The minimum atomic E-state index is -0.424. The summed E-state index contributed by atoms with van der Waals surface area (Å²) < 4.78 is 30.3. The lowest BCUT2D eigenvalue weighted by atomic mass is 9.87. The lowest BCUT2D eigenvalue weighted by Gasteiger charge is -2.32. The number of likely N-dealkylation sites (tertiary alicyclic amines) is 1. The number of fused-ring (bicyclic) bond motifs is 2. The molecule has 3 aromatic rings. The topological polar surface area (TPSA) is 115 Å². The summed E-state index contributed by atoms with van der Waals surface area (Å²) in [5.41, 5.74) is 0.864. The average molecular weight is 501 g/mol. The average Bonchev–Trinajstić information content (AvgIpc) is 3.47. The highest BCUT2D eigenvalue weighted by molar-refractivity contribution is 7.97. The molecular formula is C23H25FN6O4S. The largest absolute Gasteiger partial charge is 0.489 e. The molecule has 12 heteroatoms. The molecule has 35 heavy (non-hydrogen) atoms. The number of amides is 2. The summed E-state index contributed by atoms with van der Waals surface area (Å²) in [6.07, 6.45) is 1.82. The van der Waals surface area contributed by atoms with Gasteiger partial charge in [-0.2, -0.15) is 0 Å². The number of aromatic nitrogens is 3. The normalized spacial score (nSPS) is 21.5. The lowest BCUT2D eigenvalue weighted by molar-refractivity contribution is 0.0717. The highest BCUT2D eigenvalue weighted by atomic mass is 32.2. The molecule has 0 saturated carbocycles. The first-order valence-electron chi connectivity index (χ1n) is 11.1. The summed E-state index contributed by atoms with van der Waals surface area (Å²) in [5, 5.41) is 10.4. The van der Waals surface area contributed by atoms with Gasteiger partial charge in [0.05, 0.1) is 11.5 Å². The molecule has 2 atom stereocenters. The monoisotopic (exact) mass is 500 g/mol. The molecule has 0 radical (unpaired) electrons. The summed E-state index contributed by atoms with van der Waals surface area (Å²) in [6, 6.07) is 4.36. The van der Waals surface area contributed by atoms with Crippen molar-refractivity contribution in [1.29, 1.82) is 0 Å². The number of aryl methyl sites for hydroxylation is 3. The van der Waals surface area contributed by atoms with Gasteiger partial charge in [0.1, 0.15) is 5.82 Å². The van der Waals surface area contributed by atoms with E-state index in [9.17, 15) is 14.0 Å². The van der Waals surface area contributed by atoms with E-state index in [2.05, 4.69) is 20.2 Å². The number of hydrogen-bond acceptors (Lipinski definition) is 8. The molecule has 2 aliphatic rings. The van der Waals surface area contributed by atoms with Crippen molar-refractivity contribution in [2.45, 2.75) is 31.7 Å². The molecule has 2 aliphatic heterocycles. The molecule has 2 N–H and O–H groups in total. The fraction of sp³-hybridized carbons (Fsp3) is 0.391. The molecule has 0 unspecified atom stereocenters. The van der Waals surface area contributed by atoms with E-state index in [4.69, 9.17) is 9.15 Å².